The molecule has 2 saturated heterocycles. The lowest BCUT2D eigenvalue weighted by molar-refractivity contribution is 0.0268. The molecule has 2 heterocycles. The van der Waals surface area contributed by atoms with Gasteiger partial charge in [-0.3, -0.25) is 0 Å². The highest BCUT2D eigenvalue weighted by Crippen LogP contribution is 2.47. The summed E-state index contributed by atoms with van der Waals surface area (Å²) >= 11 is 2.07. The number of carbonyl (C=O) groups excluding carboxylic acids is 1. The van der Waals surface area contributed by atoms with Crippen LogP contribution < -0.4 is 5.32 Å². The molecule has 3 fully saturated rings. The molecule has 5 heteroatoms. The Balaban J connectivity index is 1.44. The van der Waals surface area contributed by atoms with E-state index in [2.05, 4.69) is 30.9 Å². The molecule has 2 aliphatic heterocycles. The van der Waals surface area contributed by atoms with Crippen molar-refractivity contribution in [3.8, 4) is 0 Å². The van der Waals surface area contributed by atoms with Crippen molar-refractivity contribution in [2.75, 3.05) is 24.6 Å². The Bertz CT molecular complexity index is 434. The lowest BCUT2D eigenvalue weighted by atomic mass is 9.88. The monoisotopic (exact) mass is 326 g/mol. The van der Waals surface area contributed by atoms with Gasteiger partial charge in [0.25, 0.3) is 0 Å². The minimum absolute atomic E-state index is 0.146. The van der Waals surface area contributed by atoms with Gasteiger partial charge >= 0.3 is 6.09 Å². The van der Waals surface area contributed by atoms with Gasteiger partial charge in [-0.25, -0.2) is 4.79 Å². The molecule has 0 aromatic carbocycles. The summed E-state index contributed by atoms with van der Waals surface area (Å²) in [6, 6.07) is 1.26. The van der Waals surface area contributed by atoms with E-state index in [-0.39, 0.29) is 6.09 Å². The van der Waals surface area contributed by atoms with Gasteiger partial charge < -0.3 is 15.0 Å². The standard InChI is InChI=1S/C17H30N2O2S/c1-16(2,3)21-15(20)19-7-12-13(8-19)14(12)18-11-6-17(4,5)10-22-9-11/h11-14,18H,6-10H2,1-5H3. The Kier molecular flexibility index (Phi) is 4.17. The van der Waals surface area contributed by atoms with Crippen LogP contribution in [-0.2, 0) is 4.74 Å². The number of fused-ring (bicyclic) bond motifs is 1. The van der Waals surface area contributed by atoms with Gasteiger partial charge in [-0.1, -0.05) is 13.8 Å². The number of piperidine rings is 1. The molecule has 0 aromatic heterocycles. The molecule has 0 aromatic rings. The molecule has 1 saturated carbocycles. The van der Waals surface area contributed by atoms with E-state index in [1.807, 2.05) is 25.7 Å². The van der Waals surface area contributed by atoms with Crippen molar-refractivity contribution in [1.29, 1.82) is 0 Å². The van der Waals surface area contributed by atoms with E-state index in [1.54, 1.807) is 0 Å². The van der Waals surface area contributed by atoms with Gasteiger partial charge in [-0.2, -0.15) is 11.8 Å². The molecule has 0 bridgehead atoms. The highest BCUT2D eigenvalue weighted by atomic mass is 32.2. The fraction of sp³-hybridized carbons (Fsp3) is 0.941. The number of amides is 1. The van der Waals surface area contributed by atoms with E-state index in [9.17, 15) is 4.79 Å². The number of hydrogen-bond donors (Lipinski definition) is 1. The second kappa shape index (κ2) is 5.59. The minimum atomic E-state index is -0.396. The van der Waals surface area contributed by atoms with E-state index >= 15 is 0 Å². The van der Waals surface area contributed by atoms with Crippen LogP contribution in [0.5, 0.6) is 0 Å². The van der Waals surface area contributed by atoms with Crippen molar-refractivity contribution in [3.63, 3.8) is 0 Å². The molecule has 0 radical (unpaired) electrons. The molecule has 4 nitrogen and oxygen atoms in total. The fourth-order valence-corrected chi connectivity index (χ4v) is 5.18. The second-order valence-corrected chi connectivity index (χ2v) is 10.0. The first kappa shape index (κ1) is 16.4. The molecule has 1 aliphatic carbocycles. The fourth-order valence-electron chi connectivity index (χ4n) is 3.89. The summed E-state index contributed by atoms with van der Waals surface area (Å²) < 4.78 is 5.47. The summed E-state index contributed by atoms with van der Waals surface area (Å²) in [4.78, 5) is 14.0. The minimum Gasteiger partial charge on any atom is -0.444 e. The molecule has 22 heavy (non-hydrogen) atoms. The van der Waals surface area contributed by atoms with Gasteiger partial charge in [-0.05, 0) is 50.2 Å². The average molecular weight is 327 g/mol. The number of hydrogen-bond acceptors (Lipinski definition) is 4. The Labute approximate surface area is 138 Å². The maximum Gasteiger partial charge on any atom is 0.410 e. The molecule has 3 unspecified atom stereocenters. The molecule has 1 N–H and O–H groups in total. The number of nitrogens with zero attached hydrogens (tertiary/aromatic N) is 1. The predicted molar refractivity (Wildman–Crippen MR) is 91.2 cm³/mol. The zero-order chi connectivity index (χ0) is 16.1. The quantitative estimate of drug-likeness (QED) is 0.847. The zero-order valence-electron chi connectivity index (χ0n) is 14.5. The van der Waals surface area contributed by atoms with Crippen molar-refractivity contribution in [3.05, 3.63) is 0 Å². The van der Waals surface area contributed by atoms with Gasteiger partial charge in [0.15, 0.2) is 0 Å². The number of carbonyl (C=O) groups is 1. The maximum atomic E-state index is 12.1. The average Bonchev–Trinajstić information content (AvgIpc) is 2.81. The SMILES string of the molecule is CC1(C)CSCC(NC2C3CN(C(=O)OC(C)(C)C)CC32)C1. The predicted octanol–water partition coefficient (Wildman–Crippen LogP) is 2.97. The van der Waals surface area contributed by atoms with Crippen LogP contribution >= 0.6 is 11.8 Å². The Hall–Kier alpha value is -0.420. The third kappa shape index (κ3) is 3.73. The normalized spacial score (nSPS) is 36.9. The second-order valence-electron chi connectivity index (χ2n) is 8.99. The summed E-state index contributed by atoms with van der Waals surface area (Å²) in [5, 5.41) is 3.86. The number of likely N-dealkylation sites (tertiary alicyclic amines) is 1. The van der Waals surface area contributed by atoms with E-state index in [0.717, 1.165) is 13.1 Å². The zero-order valence-corrected chi connectivity index (χ0v) is 15.3. The van der Waals surface area contributed by atoms with Gasteiger partial charge in [0.2, 0.25) is 0 Å². The van der Waals surface area contributed by atoms with Crippen LogP contribution in [0.25, 0.3) is 0 Å². The van der Waals surface area contributed by atoms with Crippen LogP contribution in [0, 0.1) is 17.3 Å². The smallest absolute Gasteiger partial charge is 0.410 e. The lowest BCUT2D eigenvalue weighted by Crippen LogP contribution is -2.45. The molecule has 3 atom stereocenters. The summed E-state index contributed by atoms with van der Waals surface area (Å²) in [5.74, 6) is 3.79. The van der Waals surface area contributed by atoms with Crippen molar-refractivity contribution >= 4 is 17.9 Å². The number of ether oxygens (including phenoxy) is 1. The molecule has 1 amide bonds. The molecular weight excluding hydrogens is 296 g/mol. The lowest BCUT2D eigenvalue weighted by Gasteiger charge is -2.36. The van der Waals surface area contributed by atoms with E-state index < -0.39 is 5.60 Å². The first-order valence-electron chi connectivity index (χ1n) is 8.46. The Morgan fingerprint density at radius 3 is 2.45 bits per heavy atom. The van der Waals surface area contributed by atoms with Crippen LogP contribution in [0.15, 0.2) is 0 Å². The van der Waals surface area contributed by atoms with Crippen LogP contribution in [0.1, 0.15) is 41.0 Å². The van der Waals surface area contributed by atoms with Crippen LogP contribution in [-0.4, -0.2) is 53.3 Å². The van der Waals surface area contributed by atoms with Gasteiger partial charge in [0.1, 0.15) is 5.60 Å². The van der Waals surface area contributed by atoms with Crippen molar-refractivity contribution in [1.82, 2.24) is 10.2 Å². The van der Waals surface area contributed by atoms with Crippen molar-refractivity contribution in [2.45, 2.75) is 58.7 Å². The summed E-state index contributed by atoms with van der Waals surface area (Å²) in [5.41, 5.74) is 0.0551. The summed E-state index contributed by atoms with van der Waals surface area (Å²) in [6.45, 7) is 12.2. The van der Waals surface area contributed by atoms with E-state index in [1.165, 1.54) is 17.9 Å². The highest BCUT2D eigenvalue weighted by Gasteiger charge is 2.57. The Morgan fingerprint density at radius 1 is 1.27 bits per heavy atom. The third-order valence-corrected chi connectivity index (χ3v) is 6.51. The molecular formula is C17H30N2O2S. The molecule has 0 spiro atoms. The Morgan fingerprint density at radius 2 is 1.91 bits per heavy atom. The third-order valence-electron chi connectivity index (χ3n) is 4.88. The summed E-state index contributed by atoms with van der Waals surface area (Å²) in [7, 11) is 0. The molecule has 3 rings (SSSR count). The number of nitrogens with one attached hydrogen (secondary N) is 1. The maximum absolute atomic E-state index is 12.1. The van der Waals surface area contributed by atoms with Crippen LogP contribution in [0.4, 0.5) is 4.79 Å². The number of thioether (sulfide) groups is 1. The first-order valence-corrected chi connectivity index (χ1v) is 9.62. The summed E-state index contributed by atoms with van der Waals surface area (Å²) in [6.07, 6.45) is 1.12. The van der Waals surface area contributed by atoms with Crippen LogP contribution in [0.3, 0.4) is 0 Å². The van der Waals surface area contributed by atoms with Gasteiger partial charge in [0.05, 0.1) is 0 Å². The van der Waals surface area contributed by atoms with E-state index in [0.29, 0.717) is 29.3 Å². The highest BCUT2D eigenvalue weighted by molar-refractivity contribution is 7.99. The van der Waals surface area contributed by atoms with Crippen molar-refractivity contribution < 1.29 is 9.53 Å². The number of rotatable bonds is 2. The van der Waals surface area contributed by atoms with Gasteiger partial charge in [0, 0.05) is 30.9 Å². The van der Waals surface area contributed by atoms with Crippen LogP contribution in [0.2, 0.25) is 0 Å². The molecule has 3 aliphatic rings. The topological polar surface area (TPSA) is 41.6 Å². The van der Waals surface area contributed by atoms with Crippen molar-refractivity contribution in [2.24, 2.45) is 17.3 Å². The van der Waals surface area contributed by atoms with Gasteiger partial charge in [-0.15, -0.1) is 0 Å². The molecule has 126 valence electrons. The first-order chi connectivity index (χ1) is 10.1. The largest absolute Gasteiger partial charge is 0.444 e. The van der Waals surface area contributed by atoms with E-state index in [4.69, 9.17) is 4.74 Å².